The van der Waals surface area contributed by atoms with Crippen molar-refractivity contribution in [2.75, 3.05) is 79.3 Å². The van der Waals surface area contributed by atoms with E-state index < -0.39 is 213 Å². The molecule has 0 N–H and O–H groups in total. The highest BCUT2D eigenvalue weighted by Gasteiger charge is 2.75. The topological polar surface area (TPSA) is 458 Å². The molecule has 12 aliphatic rings. The van der Waals surface area contributed by atoms with Crippen LogP contribution in [0.3, 0.4) is 0 Å². The normalized spacial score (nSPS) is 37.0. The van der Waals surface area contributed by atoms with Gasteiger partial charge in [0.15, 0.2) is 26.4 Å². The van der Waals surface area contributed by atoms with Crippen molar-refractivity contribution in [2.24, 2.45) is 5.92 Å². The van der Waals surface area contributed by atoms with Gasteiger partial charge >= 0.3 is 47.8 Å². The maximum atomic E-state index is 12.0. The third-order valence-electron chi connectivity index (χ3n) is 18.4. The van der Waals surface area contributed by atoms with Crippen LogP contribution in [0.1, 0.15) is 74.7 Å². The van der Waals surface area contributed by atoms with Gasteiger partial charge in [-0.3, -0.25) is 16.7 Å². The second-order valence-electron chi connectivity index (χ2n) is 25.9. The number of ether oxygens (including phenoxy) is 16. The van der Waals surface area contributed by atoms with Crippen LogP contribution in [-0.2, 0) is 171 Å². The van der Waals surface area contributed by atoms with Crippen LogP contribution in [0.15, 0.2) is 48.6 Å². The molecular formula is C60H80O36S4. The van der Waals surface area contributed by atoms with E-state index >= 15 is 0 Å². The number of carbonyl (C=O) groups is 8. The van der Waals surface area contributed by atoms with E-state index in [0.29, 0.717) is 19.3 Å². The minimum absolute atomic E-state index is 0.0355. The Kier molecular flexibility index (Phi) is 23.8. The molecule has 21 atom stereocenters. The lowest BCUT2D eigenvalue weighted by Crippen LogP contribution is -2.51. The minimum atomic E-state index is -3.64. The largest absolute Gasteiger partial charge is 0.461 e. The zero-order valence-corrected chi connectivity index (χ0v) is 58.9. The molecule has 0 spiro atoms. The number of fused-ring (bicyclic) bond motifs is 4. The van der Waals surface area contributed by atoms with Gasteiger partial charge in [-0.1, -0.05) is 33.2 Å². The Balaban J connectivity index is 0.000000156. The van der Waals surface area contributed by atoms with E-state index in [1.807, 2.05) is 0 Å². The summed E-state index contributed by atoms with van der Waals surface area (Å²) in [5, 5.41) is -2.55. The van der Waals surface area contributed by atoms with E-state index in [0.717, 1.165) is 0 Å². The molecule has 12 heterocycles. The van der Waals surface area contributed by atoms with E-state index in [-0.39, 0.29) is 99.4 Å². The zero-order chi connectivity index (χ0) is 73.6. The summed E-state index contributed by atoms with van der Waals surface area (Å²) in [5.74, 6) is -5.76. The fourth-order valence-electron chi connectivity index (χ4n) is 13.7. The van der Waals surface area contributed by atoms with Crippen LogP contribution < -0.4 is 0 Å². The van der Waals surface area contributed by atoms with Gasteiger partial charge in [0, 0.05) is 34.6 Å². The van der Waals surface area contributed by atoms with Crippen molar-refractivity contribution < 1.29 is 165 Å². The van der Waals surface area contributed by atoms with E-state index in [1.54, 1.807) is 27.7 Å². The fourth-order valence-corrected chi connectivity index (χ4v) is 20.9. The Hall–Kier alpha value is -5.96. The molecule has 36 nitrogen and oxygen atoms in total. The van der Waals surface area contributed by atoms with Gasteiger partial charge in [-0.15, -0.1) is 0 Å². The first-order chi connectivity index (χ1) is 46.7. The number of hydrogen-bond acceptors (Lipinski definition) is 36. The highest BCUT2D eigenvalue weighted by atomic mass is 32.2. The van der Waals surface area contributed by atoms with Crippen LogP contribution in [0.4, 0.5) is 0 Å². The van der Waals surface area contributed by atoms with Crippen molar-refractivity contribution in [1.29, 1.82) is 0 Å². The second-order valence-corrected chi connectivity index (χ2v) is 32.9. The lowest BCUT2D eigenvalue weighted by molar-refractivity contribution is -0.161. The molecule has 12 fully saturated rings. The molecule has 12 saturated heterocycles. The number of carbonyl (C=O) groups excluding carboxylic acids is 8. The first kappa shape index (κ1) is 78.2. The molecule has 40 heteroatoms. The average Bonchev–Trinajstić information content (AvgIpc) is 1.56. The number of rotatable bonds is 28. The predicted octanol–water partition coefficient (Wildman–Crippen LogP) is -1.37. The van der Waals surface area contributed by atoms with E-state index in [4.69, 9.17) is 73.6 Å². The Morgan fingerprint density at radius 2 is 0.890 bits per heavy atom. The summed E-state index contributed by atoms with van der Waals surface area (Å²) in [7, 11) is -14.5. The highest BCUT2D eigenvalue weighted by Crippen LogP contribution is 2.57. The van der Waals surface area contributed by atoms with Crippen molar-refractivity contribution in [3.8, 4) is 0 Å². The summed E-state index contributed by atoms with van der Waals surface area (Å²) in [4.78, 5) is 90.4. The highest BCUT2D eigenvalue weighted by molar-refractivity contribution is 7.88. The van der Waals surface area contributed by atoms with Crippen LogP contribution in [-0.4, -0.2) is 278 Å². The molecule has 12 rings (SSSR count). The first-order valence-corrected chi connectivity index (χ1v) is 37.3. The van der Waals surface area contributed by atoms with Gasteiger partial charge in [0.1, 0.15) is 120 Å². The van der Waals surface area contributed by atoms with Gasteiger partial charge in [-0.2, -0.15) is 33.7 Å². The number of hydrogen-bond donors (Lipinski definition) is 0. The summed E-state index contributed by atoms with van der Waals surface area (Å²) >= 11 is 0. The van der Waals surface area contributed by atoms with Gasteiger partial charge in [0.25, 0.3) is 40.5 Å². The molecule has 0 radical (unpaired) electrons. The molecule has 8 bridgehead atoms. The van der Waals surface area contributed by atoms with E-state index in [1.165, 1.54) is 27.7 Å². The van der Waals surface area contributed by atoms with Crippen LogP contribution in [0.25, 0.3) is 0 Å². The minimum Gasteiger partial charge on any atom is -0.461 e. The van der Waals surface area contributed by atoms with Crippen LogP contribution in [0.5, 0.6) is 0 Å². The summed E-state index contributed by atoms with van der Waals surface area (Å²) in [6, 6.07) is 0. The molecule has 560 valence electrons. The van der Waals surface area contributed by atoms with Gasteiger partial charge < -0.3 is 75.8 Å². The van der Waals surface area contributed by atoms with Gasteiger partial charge in [-0.05, 0) is 61.3 Å². The van der Waals surface area contributed by atoms with Crippen molar-refractivity contribution in [3.05, 3.63) is 48.6 Å². The lowest BCUT2D eigenvalue weighted by atomic mass is 9.83. The lowest BCUT2D eigenvalue weighted by Gasteiger charge is -2.33. The Morgan fingerprint density at radius 3 is 1.39 bits per heavy atom. The molecule has 0 amide bonds. The van der Waals surface area contributed by atoms with Gasteiger partial charge in [-0.25, -0.2) is 38.4 Å². The SMILES string of the molecule is C=C(C)C(=O)OCC(=O)OCCOC1(C)C2CC3C(O2)C1OS3(=O)=O.C=C(C)C(=O)OCC(=O)OCCOC1C2CC3C(C)(O2)C1OS3(=O)=O.C=C(C)C(=O)OCC(=O)OCCOC1C2OC3C1OS(=O)(=O)C3C2C.C=C(C)C(=O)OCC(=O)OCCOC1C2OS(=O)(=O)C3CC1(C)OC23. The van der Waals surface area contributed by atoms with Crippen molar-refractivity contribution in [2.45, 2.75) is 192 Å². The summed E-state index contributed by atoms with van der Waals surface area (Å²) in [6.07, 6.45) is -5.92. The van der Waals surface area contributed by atoms with Crippen LogP contribution in [0, 0.1) is 5.92 Å². The summed E-state index contributed by atoms with van der Waals surface area (Å²) in [6.45, 7) is 24.4. The van der Waals surface area contributed by atoms with Gasteiger partial charge in [0.2, 0.25) is 0 Å². The van der Waals surface area contributed by atoms with E-state index in [9.17, 15) is 72.0 Å². The van der Waals surface area contributed by atoms with Gasteiger partial charge in [0.05, 0.1) is 50.3 Å². The molecule has 0 aliphatic carbocycles. The Morgan fingerprint density at radius 1 is 0.440 bits per heavy atom. The molecule has 0 aromatic carbocycles. The number of esters is 8. The van der Waals surface area contributed by atoms with Crippen LogP contribution >= 0.6 is 0 Å². The Labute approximate surface area is 575 Å². The third kappa shape index (κ3) is 16.3. The smallest absolute Gasteiger partial charge is 0.344 e. The quantitative estimate of drug-likeness (QED) is 0.0287. The maximum Gasteiger partial charge on any atom is 0.344 e. The summed E-state index contributed by atoms with van der Waals surface area (Å²) in [5.41, 5.74) is -1.79. The van der Waals surface area contributed by atoms with Crippen LogP contribution in [0.2, 0.25) is 0 Å². The molecular weight excluding hydrogens is 1420 g/mol. The molecule has 100 heavy (non-hydrogen) atoms. The molecule has 21 unspecified atom stereocenters. The predicted molar refractivity (Wildman–Crippen MR) is 328 cm³/mol. The Bertz CT molecular complexity index is 3660. The molecule has 12 aliphatic heterocycles. The molecule has 0 saturated carbocycles. The van der Waals surface area contributed by atoms with E-state index in [2.05, 4.69) is 45.3 Å². The van der Waals surface area contributed by atoms with Crippen molar-refractivity contribution >= 4 is 88.2 Å². The fraction of sp³-hybridized carbons (Fsp3) is 0.733. The standard InChI is InChI=1S/4C15H20O9S/c1-8(2)14(17)22-7-10(16)20-4-5-21-13-12-11-9(25(18,19)24-12)6-15(13,3)23-11;1-8(2)14(17)21-7-11(16)20-4-5-22-15(3)10-6-9-12(23-10)13(15)24-25(9,18)19;1-8(2)14(17)22-7-11(16)20-4-5-21-12-9-6-10-15(3,23-9)13(12)24-25(10,18)19;1-7(2)15(17)22-6-9(16)20-4-5-21-11-10-8(3)14-13(23-10)12(11)24-25(14,18)19/h9,11-13H,1,4-7H2,2-3H3;2*9-10,12-13H,1,4-7H2,2-3H3;8,10-14H,1,4-6H2,2-3H3. The van der Waals surface area contributed by atoms with Crippen molar-refractivity contribution in [3.63, 3.8) is 0 Å². The monoisotopic (exact) mass is 1500 g/mol. The summed E-state index contributed by atoms with van der Waals surface area (Å²) < 4.78 is 200. The molecule has 0 aromatic rings. The average molecular weight is 1510 g/mol. The first-order valence-electron chi connectivity index (χ1n) is 31.4. The third-order valence-corrected chi connectivity index (χ3v) is 25.4. The molecule has 0 aromatic heterocycles. The maximum absolute atomic E-state index is 12.0. The second kappa shape index (κ2) is 30.4. The zero-order valence-electron chi connectivity index (χ0n) is 55.7. The van der Waals surface area contributed by atoms with Crippen molar-refractivity contribution in [1.82, 2.24) is 0 Å².